The minimum atomic E-state index is 0. The van der Waals surface area contributed by atoms with Gasteiger partial charge in [0.15, 0.2) is 0 Å². The summed E-state index contributed by atoms with van der Waals surface area (Å²) in [5.74, 6) is 0. The fourth-order valence-electron chi connectivity index (χ4n) is 0.680. The summed E-state index contributed by atoms with van der Waals surface area (Å²) < 4.78 is 1.42. The van der Waals surface area contributed by atoms with Crippen LogP contribution in [-0.2, 0) is 20.0 Å². The number of rotatable bonds is 0. The molecule has 0 amide bonds. The molecule has 0 nitrogen and oxygen atoms in total. The van der Waals surface area contributed by atoms with E-state index in [2.05, 4.69) is 58.1 Å². The fraction of sp³-hybridized carbons (Fsp3) is 0.267. The Kier molecular flexibility index (Phi) is 22.1. The van der Waals surface area contributed by atoms with Crippen molar-refractivity contribution in [1.29, 1.82) is 0 Å². The monoisotopic (exact) mass is 250 g/mol. The van der Waals surface area contributed by atoms with Gasteiger partial charge in [-0.1, -0.05) is 0 Å². The fourth-order valence-corrected chi connectivity index (χ4v) is 0.680. The number of allylic oxidation sites excluding steroid dienone is 8. The first kappa shape index (κ1) is 20.9. The molecule has 2 aliphatic carbocycles. The van der Waals surface area contributed by atoms with Crippen molar-refractivity contribution in [3.05, 3.63) is 63.5 Å². The van der Waals surface area contributed by atoms with Gasteiger partial charge >= 0.3 is 37.6 Å². The molecule has 0 aromatic rings. The van der Waals surface area contributed by atoms with Crippen molar-refractivity contribution in [3.8, 4) is 0 Å². The van der Waals surface area contributed by atoms with Gasteiger partial charge < -0.3 is 14.9 Å². The summed E-state index contributed by atoms with van der Waals surface area (Å²) in [4.78, 5) is 0. The third-order valence-corrected chi connectivity index (χ3v) is 1.17. The summed E-state index contributed by atoms with van der Waals surface area (Å²) in [7, 11) is 0. The van der Waals surface area contributed by atoms with E-state index in [4.69, 9.17) is 0 Å². The molecule has 0 fully saturated rings. The Bertz CT molecular complexity index is 209. The third kappa shape index (κ3) is 23.4. The van der Waals surface area contributed by atoms with Crippen LogP contribution in [0.1, 0.15) is 26.7 Å². The molecule has 0 spiro atoms. The average Bonchev–Trinajstić information content (AvgIpc) is 2.83. The molecule has 0 bridgehead atoms. The van der Waals surface area contributed by atoms with E-state index < -0.39 is 0 Å². The normalized spacial score (nSPS) is 12.6. The van der Waals surface area contributed by atoms with Crippen LogP contribution in [0.15, 0.2) is 36.5 Å². The molecule has 0 heterocycles. The average molecular weight is 250 g/mol. The Hall–Kier alpha value is -0.456. The van der Waals surface area contributed by atoms with Crippen molar-refractivity contribution in [3.63, 3.8) is 0 Å². The summed E-state index contributed by atoms with van der Waals surface area (Å²) in [5.41, 5.74) is 0. The molecule has 0 atom stereocenters. The maximum absolute atomic E-state index is 2.99. The van der Waals surface area contributed by atoms with Crippen LogP contribution in [-0.4, -0.2) is 3.81 Å². The van der Waals surface area contributed by atoms with Gasteiger partial charge in [-0.3, -0.25) is 12.2 Å². The molecule has 0 saturated carbocycles. The largest absolute Gasteiger partial charge is 0.358 e. The molecule has 1 heteroatoms. The van der Waals surface area contributed by atoms with Crippen LogP contribution < -0.4 is 0 Å². The van der Waals surface area contributed by atoms with Gasteiger partial charge in [0.05, 0.1) is 0 Å². The zero-order chi connectivity index (χ0) is 10.6. The molecule has 0 aromatic carbocycles. The SMILES string of the molecule is C[C](C)=[Ti].[C-]1=CC=CC1.[C-]1=CC=CC1.[CH3-].[CH3-]. The summed E-state index contributed by atoms with van der Waals surface area (Å²) >= 11 is 2.08. The molecule has 2 rings (SSSR count). The van der Waals surface area contributed by atoms with E-state index in [1.807, 2.05) is 24.3 Å². The molecule has 0 N–H and O–H groups in total. The Labute approximate surface area is 114 Å². The van der Waals surface area contributed by atoms with Gasteiger partial charge in [0.1, 0.15) is 0 Å². The minimum absolute atomic E-state index is 0. The second-order valence-electron chi connectivity index (χ2n) is 3.01. The zero-order valence-corrected chi connectivity index (χ0v) is 12.4. The van der Waals surface area contributed by atoms with Crippen molar-refractivity contribution in [2.75, 3.05) is 0 Å². The Morgan fingerprint density at radius 1 is 0.938 bits per heavy atom. The van der Waals surface area contributed by atoms with Crippen LogP contribution in [0.2, 0.25) is 0 Å². The molecule has 16 heavy (non-hydrogen) atoms. The van der Waals surface area contributed by atoms with Crippen LogP contribution in [0.5, 0.6) is 0 Å². The first-order chi connectivity index (χ1) is 6.73. The molecule has 0 aromatic heterocycles. The molecule has 90 valence electrons. The van der Waals surface area contributed by atoms with E-state index >= 15 is 0 Å². The van der Waals surface area contributed by atoms with Gasteiger partial charge in [0.25, 0.3) is 0 Å². The molecule has 0 saturated heterocycles. The maximum Gasteiger partial charge on any atom is -0.109 e. The van der Waals surface area contributed by atoms with Crippen molar-refractivity contribution in [2.45, 2.75) is 26.7 Å². The first-order valence-electron chi connectivity index (χ1n) is 4.68. The van der Waals surface area contributed by atoms with Gasteiger partial charge in [-0.05, 0) is 0 Å². The van der Waals surface area contributed by atoms with Gasteiger partial charge in [-0.25, -0.2) is 24.3 Å². The van der Waals surface area contributed by atoms with Crippen molar-refractivity contribution in [1.82, 2.24) is 0 Å². The van der Waals surface area contributed by atoms with E-state index in [0.717, 1.165) is 12.8 Å². The maximum atomic E-state index is 2.99. The van der Waals surface area contributed by atoms with Crippen molar-refractivity contribution < 1.29 is 20.0 Å². The third-order valence-electron chi connectivity index (χ3n) is 1.17. The number of hydrogen-bond donors (Lipinski definition) is 0. The smallest absolute Gasteiger partial charge is 0.109 e. The second kappa shape index (κ2) is 17.0. The summed E-state index contributed by atoms with van der Waals surface area (Å²) in [6, 6.07) is 0. The van der Waals surface area contributed by atoms with Crippen LogP contribution in [0.4, 0.5) is 0 Å². The van der Waals surface area contributed by atoms with Crippen LogP contribution >= 0.6 is 0 Å². The van der Waals surface area contributed by atoms with E-state index in [1.165, 1.54) is 3.81 Å². The topological polar surface area (TPSA) is 0 Å². The predicted molar refractivity (Wildman–Crippen MR) is 72.3 cm³/mol. The molecule has 2 aliphatic rings. The van der Waals surface area contributed by atoms with Gasteiger partial charge in [0.2, 0.25) is 0 Å². The van der Waals surface area contributed by atoms with Crippen molar-refractivity contribution >= 4 is 3.81 Å². The van der Waals surface area contributed by atoms with Gasteiger partial charge in [-0.15, -0.1) is 12.8 Å². The second-order valence-corrected chi connectivity index (χ2v) is 4.57. The van der Waals surface area contributed by atoms with Crippen LogP contribution in [0, 0.1) is 27.0 Å². The molecule has 0 aliphatic heterocycles. The number of hydrogen-bond acceptors (Lipinski definition) is 0. The summed E-state index contributed by atoms with van der Waals surface area (Å²) in [6.45, 7) is 4.17. The Balaban J connectivity index is -0.000000151. The van der Waals surface area contributed by atoms with E-state index in [9.17, 15) is 0 Å². The summed E-state index contributed by atoms with van der Waals surface area (Å²) in [5, 5.41) is 0. The van der Waals surface area contributed by atoms with E-state index in [1.54, 1.807) is 0 Å². The molecular weight excluding hydrogens is 228 g/mol. The zero-order valence-electron chi connectivity index (χ0n) is 10.9. The van der Waals surface area contributed by atoms with Gasteiger partial charge in [-0.2, -0.15) is 12.2 Å². The molecule has 0 radical (unpaired) electrons. The van der Waals surface area contributed by atoms with E-state index in [-0.39, 0.29) is 14.9 Å². The van der Waals surface area contributed by atoms with Crippen LogP contribution in [0.25, 0.3) is 0 Å². The first-order valence-corrected chi connectivity index (χ1v) is 5.47. The predicted octanol–water partition coefficient (Wildman–Crippen LogP) is 4.26. The Morgan fingerprint density at radius 2 is 1.25 bits per heavy atom. The molecular formula is C15H22Ti-4. The molecule has 0 unspecified atom stereocenters. The minimum Gasteiger partial charge on any atom is -0.358 e. The quantitative estimate of drug-likeness (QED) is 0.445. The van der Waals surface area contributed by atoms with Crippen molar-refractivity contribution in [2.24, 2.45) is 0 Å². The van der Waals surface area contributed by atoms with Crippen LogP contribution in [0.3, 0.4) is 0 Å². The van der Waals surface area contributed by atoms with Gasteiger partial charge in [0, 0.05) is 0 Å². The Morgan fingerprint density at radius 3 is 1.31 bits per heavy atom. The standard InChI is InChI=1S/2C5H5.C3H6.2CH3.Ti/c2*1-2-4-5-3-1;1-3-2;;;/h2*1-3H,4H2;1-2H3;2*1H3;/q2*-1;;2*-1;. The summed E-state index contributed by atoms with van der Waals surface area (Å²) in [6.07, 6.45) is 20.0. The van der Waals surface area contributed by atoms with E-state index in [0.29, 0.717) is 0 Å².